The van der Waals surface area contributed by atoms with Gasteiger partial charge in [0.1, 0.15) is 27.4 Å². The lowest BCUT2D eigenvalue weighted by atomic mass is 9.79. The zero-order valence-corrected chi connectivity index (χ0v) is 31.3. The van der Waals surface area contributed by atoms with Crippen molar-refractivity contribution in [3.63, 3.8) is 0 Å². The molecule has 3 N–H and O–H groups in total. The summed E-state index contributed by atoms with van der Waals surface area (Å²) in [6.07, 6.45) is 1.03. The van der Waals surface area contributed by atoms with Gasteiger partial charge in [-0.2, -0.15) is 18.3 Å². The Bertz CT molecular complexity index is 1920. The summed E-state index contributed by atoms with van der Waals surface area (Å²) in [4.78, 5) is 30.2. The van der Waals surface area contributed by atoms with Crippen molar-refractivity contribution in [1.82, 2.24) is 24.8 Å². The van der Waals surface area contributed by atoms with Crippen LogP contribution in [-0.4, -0.2) is 41.7 Å². The average Bonchev–Trinajstić information content (AvgIpc) is 3.79. The molecule has 1 fully saturated rings. The Morgan fingerprint density at radius 3 is 2.28 bits per heavy atom. The van der Waals surface area contributed by atoms with Gasteiger partial charge >= 0.3 is 12.3 Å². The third-order valence-corrected chi connectivity index (χ3v) is 10.2. The van der Waals surface area contributed by atoms with Gasteiger partial charge < -0.3 is 19.9 Å². The highest BCUT2D eigenvalue weighted by molar-refractivity contribution is 7.90. The summed E-state index contributed by atoms with van der Waals surface area (Å²) < 4.78 is 80.0. The molecule has 15 heteroatoms. The number of carbonyl (C=O) groups is 2. The molecule has 284 valence electrons. The van der Waals surface area contributed by atoms with Crippen LogP contribution in [0.5, 0.6) is 0 Å². The normalized spacial score (nSPS) is 15.4. The molecule has 1 aliphatic carbocycles. The summed E-state index contributed by atoms with van der Waals surface area (Å²) in [5.41, 5.74) is -2.19. The first-order valence-corrected chi connectivity index (χ1v) is 18.4. The quantitative estimate of drug-likeness (QED) is 0.0981. The maximum Gasteiger partial charge on any atom is 0.435 e. The molecule has 4 aromatic rings. The van der Waals surface area contributed by atoms with Crippen LogP contribution in [-0.2, 0) is 34.4 Å². The van der Waals surface area contributed by atoms with E-state index in [-0.39, 0.29) is 17.9 Å². The van der Waals surface area contributed by atoms with Crippen molar-refractivity contribution in [2.45, 2.75) is 95.8 Å². The zero-order valence-electron chi connectivity index (χ0n) is 30.4. The third-order valence-electron chi connectivity index (χ3n) is 8.55. The van der Waals surface area contributed by atoms with Crippen LogP contribution in [0, 0.1) is 11.7 Å². The van der Waals surface area contributed by atoms with E-state index in [1.165, 1.54) is 30.3 Å². The highest BCUT2D eigenvalue weighted by atomic mass is 32.2. The van der Waals surface area contributed by atoms with Crippen molar-refractivity contribution in [2.24, 2.45) is 5.92 Å². The van der Waals surface area contributed by atoms with E-state index in [1.54, 1.807) is 57.4 Å². The molecule has 2 aromatic carbocycles. The van der Waals surface area contributed by atoms with Gasteiger partial charge in [-0.3, -0.25) is 9.78 Å². The Morgan fingerprint density at radius 2 is 1.66 bits per heavy atom. The second-order valence-electron chi connectivity index (χ2n) is 15.1. The highest BCUT2D eigenvalue weighted by Gasteiger charge is 2.44. The summed E-state index contributed by atoms with van der Waals surface area (Å²) >= 11 is -1.60. The topological polar surface area (TPSA) is 133 Å². The van der Waals surface area contributed by atoms with Gasteiger partial charge in [-0.25, -0.2) is 13.9 Å². The largest absolute Gasteiger partial charge is 0.598 e. The lowest BCUT2D eigenvalue weighted by Crippen LogP contribution is -2.52. The van der Waals surface area contributed by atoms with Crippen molar-refractivity contribution >= 4 is 29.0 Å². The molecule has 10 nitrogen and oxygen atoms in total. The van der Waals surface area contributed by atoms with Crippen molar-refractivity contribution < 1.29 is 36.4 Å². The van der Waals surface area contributed by atoms with E-state index in [4.69, 9.17) is 4.74 Å². The number of benzene rings is 2. The van der Waals surface area contributed by atoms with Crippen LogP contribution in [0.3, 0.4) is 0 Å². The summed E-state index contributed by atoms with van der Waals surface area (Å²) in [5.74, 6) is -1.40. The molecule has 2 amide bonds. The average molecular weight is 757 g/mol. The van der Waals surface area contributed by atoms with Crippen LogP contribution in [0.25, 0.3) is 5.69 Å². The number of hydrogen-bond acceptors (Lipinski definition) is 7. The fraction of sp³-hybridized carbons (Fsp3) is 0.421. The van der Waals surface area contributed by atoms with Crippen LogP contribution in [0.1, 0.15) is 100 Å². The van der Waals surface area contributed by atoms with Gasteiger partial charge in [0.05, 0.1) is 11.4 Å². The van der Waals surface area contributed by atoms with Crippen LogP contribution in [0.2, 0.25) is 0 Å². The molecule has 1 saturated carbocycles. The van der Waals surface area contributed by atoms with E-state index in [9.17, 15) is 27.3 Å². The minimum Gasteiger partial charge on any atom is -0.598 e. The number of halogens is 4. The van der Waals surface area contributed by atoms with Crippen molar-refractivity contribution in [3.8, 4) is 5.69 Å². The molecular formula is C38H44F4N6O4S. The number of rotatable bonds is 12. The second kappa shape index (κ2) is 15.5. The number of ether oxygens (including phenoxy) is 1. The Kier molecular flexibility index (Phi) is 11.6. The highest BCUT2D eigenvalue weighted by Crippen LogP contribution is 2.43. The number of anilines is 1. The first-order valence-electron chi connectivity index (χ1n) is 17.2. The van der Waals surface area contributed by atoms with Gasteiger partial charge in [0, 0.05) is 36.4 Å². The lowest BCUT2D eigenvalue weighted by Gasteiger charge is -2.38. The Labute approximate surface area is 309 Å². The summed E-state index contributed by atoms with van der Waals surface area (Å²) in [6, 6.07) is 14.4. The molecule has 5 rings (SSSR count). The van der Waals surface area contributed by atoms with Crippen LogP contribution in [0.15, 0.2) is 73.1 Å². The van der Waals surface area contributed by atoms with Crippen molar-refractivity contribution in [3.05, 3.63) is 107 Å². The van der Waals surface area contributed by atoms with Gasteiger partial charge in [-0.15, -0.1) is 4.72 Å². The molecule has 2 atom stereocenters. The summed E-state index contributed by atoms with van der Waals surface area (Å²) in [6.45, 7) is 10.6. The van der Waals surface area contributed by atoms with E-state index in [0.717, 1.165) is 29.5 Å². The molecule has 1 aliphatic rings. The Morgan fingerprint density at radius 1 is 0.962 bits per heavy atom. The number of alkyl halides is 3. The molecule has 0 saturated heterocycles. The third kappa shape index (κ3) is 10.1. The minimum atomic E-state index is -4.90. The molecule has 0 spiro atoms. The van der Waals surface area contributed by atoms with Crippen molar-refractivity contribution in [1.29, 1.82) is 0 Å². The predicted molar refractivity (Wildman–Crippen MR) is 194 cm³/mol. The Balaban J connectivity index is 1.52. The summed E-state index contributed by atoms with van der Waals surface area (Å²) in [7, 11) is 0. The molecule has 0 bridgehead atoms. The molecule has 0 aliphatic heterocycles. The smallest absolute Gasteiger partial charge is 0.435 e. The van der Waals surface area contributed by atoms with Crippen LogP contribution < -0.4 is 15.4 Å². The van der Waals surface area contributed by atoms with Gasteiger partial charge in [0.15, 0.2) is 5.69 Å². The van der Waals surface area contributed by atoms with Gasteiger partial charge in [0.25, 0.3) is 5.91 Å². The lowest BCUT2D eigenvalue weighted by molar-refractivity contribution is -0.141. The SMILES string of the molecule is CC(C)(C)OC(=O)NCc1cccc(-n2nc(C(F)(F)F)cc2C(=O)Nc2cc([C@@](CCC3CC3)(N[S@+]([O-])C(C)(C)C)c3ccncc3)ccc2F)c1. The maximum absolute atomic E-state index is 15.6. The number of nitrogens with one attached hydrogen (secondary N) is 3. The number of hydrogen-bond donors (Lipinski definition) is 3. The van der Waals surface area contributed by atoms with E-state index in [0.29, 0.717) is 29.5 Å². The molecule has 0 unspecified atom stereocenters. The Hall–Kier alpha value is -4.47. The fourth-order valence-electron chi connectivity index (χ4n) is 5.64. The predicted octanol–water partition coefficient (Wildman–Crippen LogP) is 8.19. The molecular weight excluding hydrogens is 713 g/mol. The molecule has 0 radical (unpaired) electrons. The number of aromatic nitrogens is 3. The van der Waals surface area contributed by atoms with E-state index in [1.807, 2.05) is 20.8 Å². The number of carbonyl (C=O) groups excluding carboxylic acids is 2. The fourth-order valence-corrected chi connectivity index (χ4v) is 6.60. The first kappa shape index (κ1) is 39.7. The number of amides is 2. The minimum absolute atomic E-state index is 0.0241. The number of alkyl carbamates (subject to hydrolysis) is 1. The standard InChI is InChI=1S/C38H44F4N6O4S/c1-35(2,3)52-34(50)44-23-25-8-7-9-28(20-25)48-31(22-32(46-48)38(40,41)42)33(49)45-30-21-27(12-13-29(30)39)37(17-14-24-10-11-24,26-15-18-43-19-16-26)47-53(51)36(4,5)6/h7-9,12-13,15-16,18-22,24,47H,10-11,14,17,23H2,1-6H3,(H,44,50)(H,45,49)/t37-,53+/m0/s1. The monoisotopic (exact) mass is 756 g/mol. The molecule has 2 aromatic heterocycles. The van der Waals surface area contributed by atoms with E-state index >= 15 is 4.39 Å². The first-order chi connectivity index (χ1) is 24.7. The maximum atomic E-state index is 15.6. The van der Waals surface area contributed by atoms with Gasteiger partial charge in [-0.1, -0.05) is 31.0 Å². The number of pyridine rings is 1. The summed E-state index contributed by atoms with van der Waals surface area (Å²) in [5, 5.41) is 8.75. The molecule has 2 heterocycles. The second-order valence-corrected chi connectivity index (χ2v) is 17.1. The van der Waals surface area contributed by atoms with Crippen LogP contribution in [0.4, 0.5) is 28.0 Å². The number of nitrogens with zero attached hydrogens (tertiary/aromatic N) is 3. The van der Waals surface area contributed by atoms with Gasteiger partial charge in [-0.05, 0) is 113 Å². The molecule has 53 heavy (non-hydrogen) atoms. The van der Waals surface area contributed by atoms with E-state index in [2.05, 4.69) is 25.4 Å². The van der Waals surface area contributed by atoms with Crippen LogP contribution >= 0.6 is 0 Å². The van der Waals surface area contributed by atoms with Crippen molar-refractivity contribution in [2.75, 3.05) is 5.32 Å². The zero-order chi connectivity index (χ0) is 38.8. The van der Waals surface area contributed by atoms with Gasteiger partial charge in [0.2, 0.25) is 0 Å². The van der Waals surface area contributed by atoms with E-state index < -0.39 is 62.6 Å².